The highest BCUT2D eigenvalue weighted by Gasteiger charge is 2.16. The minimum Gasteiger partial charge on any atom is -0.492 e. The maximum atomic E-state index is 6.06. The first kappa shape index (κ1) is 15.2. The van der Waals surface area contributed by atoms with Crippen molar-refractivity contribution in [1.29, 1.82) is 0 Å². The van der Waals surface area contributed by atoms with Gasteiger partial charge in [-0.2, -0.15) is 0 Å². The van der Waals surface area contributed by atoms with Crippen molar-refractivity contribution in [2.24, 2.45) is 5.41 Å². The fourth-order valence-electron chi connectivity index (χ4n) is 2.24. The van der Waals surface area contributed by atoms with E-state index >= 15 is 0 Å². The molecule has 0 bridgehead atoms. The van der Waals surface area contributed by atoms with Gasteiger partial charge in [-0.05, 0) is 30.9 Å². The number of nitrogens with zero attached hydrogens (tertiary/aromatic N) is 2. The Labute approximate surface area is 125 Å². The number of fused-ring (bicyclic) bond motifs is 1. The van der Waals surface area contributed by atoms with Crippen LogP contribution >= 0.6 is 11.6 Å². The Bertz CT molecular complexity index is 584. The van der Waals surface area contributed by atoms with Crippen molar-refractivity contribution in [3.8, 4) is 5.75 Å². The highest BCUT2D eigenvalue weighted by atomic mass is 35.5. The van der Waals surface area contributed by atoms with Crippen LogP contribution in [0.25, 0.3) is 11.0 Å². The Morgan fingerprint density at radius 1 is 1.30 bits per heavy atom. The van der Waals surface area contributed by atoms with Gasteiger partial charge in [-0.15, -0.1) is 11.6 Å². The first-order valence-corrected chi connectivity index (χ1v) is 7.66. The number of aromatic nitrogens is 2. The lowest BCUT2D eigenvalue weighted by Crippen LogP contribution is -2.11. The van der Waals surface area contributed by atoms with Crippen LogP contribution in [-0.4, -0.2) is 16.2 Å². The average molecular weight is 295 g/mol. The largest absolute Gasteiger partial charge is 0.492 e. The van der Waals surface area contributed by atoms with E-state index in [1.54, 1.807) is 0 Å². The fourth-order valence-corrected chi connectivity index (χ4v) is 2.44. The van der Waals surface area contributed by atoms with Gasteiger partial charge >= 0.3 is 0 Å². The third-order valence-corrected chi connectivity index (χ3v) is 3.56. The number of alkyl halides is 1. The second kappa shape index (κ2) is 6.04. The summed E-state index contributed by atoms with van der Waals surface area (Å²) in [6.07, 6.45) is 1.08. The molecular formula is C16H23ClN2O. The van der Waals surface area contributed by atoms with Gasteiger partial charge in [0, 0.05) is 6.54 Å². The molecule has 0 aliphatic heterocycles. The van der Waals surface area contributed by atoms with Gasteiger partial charge < -0.3 is 9.30 Å². The maximum absolute atomic E-state index is 6.06. The quantitative estimate of drug-likeness (QED) is 0.753. The minimum absolute atomic E-state index is 0.289. The summed E-state index contributed by atoms with van der Waals surface area (Å²) in [5.41, 5.74) is 2.31. The van der Waals surface area contributed by atoms with Crippen molar-refractivity contribution in [3.63, 3.8) is 0 Å². The minimum atomic E-state index is 0.289. The predicted octanol–water partition coefficient (Wildman–Crippen LogP) is 4.61. The third kappa shape index (κ3) is 3.26. The number of hydrogen-bond acceptors (Lipinski definition) is 2. The average Bonchev–Trinajstić information content (AvgIpc) is 2.75. The summed E-state index contributed by atoms with van der Waals surface area (Å²) in [4.78, 5) is 4.66. The molecule has 0 saturated carbocycles. The van der Waals surface area contributed by atoms with E-state index in [-0.39, 0.29) is 5.41 Å². The van der Waals surface area contributed by atoms with Crippen molar-refractivity contribution in [1.82, 2.24) is 9.55 Å². The lowest BCUT2D eigenvalue weighted by molar-refractivity contribution is 0.343. The Morgan fingerprint density at radius 3 is 2.65 bits per heavy atom. The van der Waals surface area contributed by atoms with Crippen LogP contribution in [0.2, 0.25) is 0 Å². The zero-order valence-electron chi connectivity index (χ0n) is 12.7. The summed E-state index contributed by atoms with van der Waals surface area (Å²) in [6, 6.07) is 6.06. The first-order chi connectivity index (χ1) is 9.46. The number of ether oxygens (including phenoxy) is 1. The van der Waals surface area contributed by atoms with E-state index in [4.69, 9.17) is 16.3 Å². The third-order valence-electron chi connectivity index (χ3n) is 3.33. The first-order valence-electron chi connectivity index (χ1n) is 7.13. The SMILES string of the molecule is CCOc1cccc2c1nc(CCl)n2CCC(C)(C)C. The molecular weight excluding hydrogens is 272 g/mol. The highest BCUT2D eigenvalue weighted by molar-refractivity contribution is 6.16. The van der Waals surface area contributed by atoms with Gasteiger partial charge in [-0.25, -0.2) is 4.98 Å². The molecule has 0 unspecified atom stereocenters. The van der Waals surface area contributed by atoms with Crippen LogP contribution < -0.4 is 4.74 Å². The van der Waals surface area contributed by atoms with Crippen molar-refractivity contribution >= 4 is 22.6 Å². The maximum Gasteiger partial charge on any atom is 0.147 e. The molecule has 0 radical (unpaired) electrons. The topological polar surface area (TPSA) is 27.1 Å². The van der Waals surface area contributed by atoms with Crippen LogP contribution in [0.3, 0.4) is 0 Å². The van der Waals surface area contributed by atoms with Crippen molar-refractivity contribution < 1.29 is 4.74 Å². The van der Waals surface area contributed by atoms with E-state index in [9.17, 15) is 0 Å². The van der Waals surface area contributed by atoms with Gasteiger partial charge in [0.05, 0.1) is 18.0 Å². The van der Waals surface area contributed by atoms with Crippen molar-refractivity contribution in [2.75, 3.05) is 6.61 Å². The number of halogens is 1. The number of rotatable bonds is 5. The molecule has 4 heteroatoms. The molecule has 0 atom stereocenters. The molecule has 0 saturated heterocycles. The molecule has 2 aromatic rings. The van der Waals surface area contributed by atoms with Gasteiger partial charge in [0.1, 0.15) is 17.1 Å². The molecule has 3 nitrogen and oxygen atoms in total. The molecule has 0 spiro atoms. The molecule has 20 heavy (non-hydrogen) atoms. The van der Waals surface area contributed by atoms with E-state index in [1.165, 1.54) is 0 Å². The molecule has 110 valence electrons. The fraction of sp³-hybridized carbons (Fsp3) is 0.562. The van der Waals surface area contributed by atoms with Gasteiger partial charge in [-0.1, -0.05) is 26.8 Å². The summed E-state index contributed by atoms with van der Waals surface area (Å²) >= 11 is 6.06. The van der Waals surface area contributed by atoms with Crippen LogP contribution in [0.1, 0.15) is 39.9 Å². The smallest absolute Gasteiger partial charge is 0.147 e. The van der Waals surface area contributed by atoms with E-state index in [0.29, 0.717) is 12.5 Å². The van der Waals surface area contributed by atoms with Crippen molar-refractivity contribution in [3.05, 3.63) is 24.0 Å². The number of imidazole rings is 1. The van der Waals surface area contributed by atoms with Gasteiger partial charge in [0.15, 0.2) is 0 Å². The Morgan fingerprint density at radius 2 is 2.05 bits per heavy atom. The molecule has 2 rings (SSSR count). The zero-order chi connectivity index (χ0) is 14.8. The Kier molecular flexibility index (Phi) is 4.59. The second-order valence-electron chi connectivity index (χ2n) is 6.18. The van der Waals surface area contributed by atoms with E-state index in [0.717, 1.165) is 35.6 Å². The van der Waals surface area contributed by atoms with Crippen LogP contribution in [0.5, 0.6) is 5.75 Å². The van der Waals surface area contributed by atoms with Crippen LogP contribution in [0.15, 0.2) is 18.2 Å². The van der Waals surface area contributed by atoms with Gasteiger partial charge in [0.25, 0.3) is 0 Å². The van der Waals surface area contributed by atoms with E-state index in [1.807, 2.05) is 19.1 Å². The molecule has 0 N–H and O–H groups in total. The summed E-state index contributed by atoms with van der Waals surface area (Å²) in [6.45, 7) is 10.3. The van der Waals surface area contributed by atoms with E-state index < -0.39 is 0 Å². The molecule has 0 fully saturated rings. The highest BCUT2D eigenvalue weighted by Crippen LogP contribution is 2.28. The number of aryl methyl sites for hydroxylation is 1. The Balaban J connectivity index is 2.44. The predicted molar refractivity (Wildman–Crippen MR) is 84.5 cm³/mol. The standard InChI is InChI=1S/C16H23ClN2O/c1-5-20-13-8-6-7-12-15(13)18-14(11-17)19(12)10-9-16(2,3)4/h6-8H,5,9-11H2,1-4H3. The zero-order valence-corrected chi connectivity index (χ0v) is 13.5. The number of benzene rings is 1. The van der Waals surface area contributed by atoms with Crippen LogP contribution in [0.4, 0.5) is 0 Å². The second-order valence-corrected chi connectivity index (χ2v) is 6.45. The summed E-state index contributed by atoms with van der Waals surface area (Å²) in [7, 11) is 0. The lowest BCUT2D eigenvalue weighted by atomic mass is 9.92. The summed E-state index contributed by atoms with van der Waals surface area (Å²) in [5.74, 6) is 2.17. The van der Waals surface area contributed by atoms with Gasteiger partial charge in [-0.3, -0.25) is 0 Å². The van der Waals surface area contributed by atoms with Gasteiger partial charge in [0.2, 0.25) is 0 Å². The Hall–Kier alpha value is -1.22. The molecule has 0 amide bonds. The van der Waals surface area contributed by atoms with E-state index in [2.05, 4.69) is 36.4 Å². The molecule has 1 aromatic carbocycles. The normalized spacial score (nSPS) is 12.1. The number of hydrogen-bond donors (Lipinski definition) is 0. The summed E-state index contributed by atoms with van der Waals surface area (Å²) in [5, 5.41) is 0. The monoisotopic (exact) mass is 294 g/mol. The van der Waals surface area contributed by atoms with Crippen LogP contribution in [-0.2, 0) is 12.4 Å². The number of para-hydroxylation sites is 1. The summed E-state index contributed by atoms with van der Waals surface area (Å²) < 4.78 is 7.88. The lowest BCUT2D eigenvalue weighted by Gasteiger charge is -2.19. The molecule has 1 aromatic heterocycles. The molecule has 0 aliphatic rings. The van der Waals surface area contributed by atoms with Crippen molar-refractivity contribution in [2.45, 2.75) is 46.5 Å². The molecule has 1 heterocycles. The van der Waals surface area contributed by atoms with Crippen LogP contribution in [0, 0.1) is 5.41 Å². The molecule has 0 aliphatic carbocycles.